The van der Waals surface area contributed by atoms with Crippen molar-refractivity contribution in [3.63, 3.8) is 0 Å². The highest BCUT2D eigenvalue weighted by Crippen LogP contribution is 2.21. The van der Waals surface area contributed by atoms with Crippen LogP contribution in [-0.2, 0) is 6.54 Å². The topological polar surface area (TPSA) is 15.3 Å². The van der Waals surface area contributed by atoms with E-state index in [1.54, 1.807) is 0 Å². The molecule has 19 heavy (non-hydrogen) atoms. The molecule has 0 radical (unpaired) electrons. The fourth-order valence-corrected chi connectivity index (χ4v) is 3.20. The minimum absolute atomic E-state index is 0.607. The van der Waals surface area contributed by atoms with E-state index in [9.17, 15) is 0 Å². The predicted octanol–water partition coefficient (Wildman–Crippen LogP) is 3.66. The Morgan fingerprint density at radius 3 is 2.79 bits per heavy atom. The molecule has 106 valence electrons. The van der Waals surface area contributed by atoms with Gasteiger partial charge < -0.3 is 5.32 Å². The molecule has 1 aliphatic rings. The molecule has 2 atom stereocenters. The van der Waals surface area contributed by atoms with Crippen LogP contribution in [0.25, 0.3) is 0 Å². The third-order valence-corrected chi connectivity index (χ3v) is 4.64. The number of nitrogens with one attached hydrogen (secondary N) is 1. The second-order valence-electron chi connectivity index (χ2n) is 6.10. The zero-order chi connectivity index (χ0) is 13.8. The molecule has 1 aromatic rings. The number of halogens is 1. The van der Waals surface area contributed by atoms with Crippen LogP contribution in [0.15, 0.2) is 28.7 Å². The van der Waals surface area contributed by atoms with E-state index < -0.39 is 0 Å². The number of hydrogen-bond acceptors (Lipinski definition) is 2. The van der Waals surface area contributed by atoms with Gasteiger partial charge in [-0.3, -0.25) is 4.90 Å². The van der Waals surface area contributed by atoms with E-state index in [-0.39, 0.29) is 0 Å². The van der Waals surface area contributed by atoms with E-state index in [2.05, 4.69) is 71.2 Å². The van der Waals surface area contributed by atoms with Gasteiger partial charge in [-0.2, -0.15) is 0 Å². The summed E-state index contributed by atoms with van der Waals surface area (Å²) in [5.74, 6) is 0.760. The monoisotopic (exact) mass is 324 g/mol. The summed E-state index contributed by atoms with van der Waals surface area (Å²) in [4.78, 5) is 2.60. The van der Waals surface area contributed by atoms with Crippen molar-refractivity contribution in [2.75, 3.05) is 13.1 Å². The maximum atomic E-state index is 3.68. The largest absolute Gasteiger partial charge is 0.311 e. The van der Waals surface area contributed by atoms with Crippen LogP contribution in [0, 0.1) is 5.92 Å². The lowest BCUT2D eigenvalue weighted by Crippen LogP contribution is -2.55. The second-order valence-corrected chi connectivity index (χ2v) is 6.96. The molecule has 1 N–H and O–H groups in total. The van der Waals surface area contributed by atoms with Crippen molar-refractivity contribution in [3.05, 3.63) is 34.3 Å². The van der Waals surface area contributed by atoms with Gasteiger partial charge in [-0.15, -0.1) is 0 Å². The van der Waals surface area contributed by atoms with E-state index in [1.165, 1.54) is 16.5 Å². The van der Waals surface area contributed by atoms with E-state index in [4.69, 9.17) is 0 Å². The zero-order valence-electron chi connectivity index (χ0n) is 12.2. The summed E-state index contributed by atoms with van der Waals surface area (Å²) in [6.45, 7) is 10.2. The van der Waals surface area contributed by atoms with Gasteiger partial charge in [0.15, 0.2) is 0 Å². The van der Waals surface area contributed by atoms with Crippen molar-refractivity contribution in [1.82, 2.24) is 10.2 Å². The Kier molecular flexibility index (Phi) is 5.43. The quantitative estimate of drug-likeness (QED) is 0.909. The minimum Gasteiger partial charge on any atom is -0.311 e. The summed E-state index contributed by atoms with van der Waals surface area (Å²) in [5, 5.41) is 3.68. The summed E-state index contributed by atoms with van der Waals surface area (Å²) < 4.78 is 1.22. The number of piperazine rings is 1. The average Bonchev–Trinajstić information content (AvgIpc) is 2.35. The Bertz CT molecular complexity index is 405. The smallest absolute Gasteiger partial charge is 0.0248 e. The first-order valence-corrected chi connectivity index (χ1v) is 8.06. The number of benzene rings is 1. The molecule has 1 aliphatic heterocycles. The zero-order valence-corrected chi connectivity index (χ0v) is 13.8. The lowest BCUT2D eigenvalue weighted by Gasteiger charge is -2.39. The van der Waals surface area contributed by atoms with Gasteiger partial charge in [-0.1, -0.05) is 48.0 Å². The van der Waals surface area contributed by atoms with Crippen LogP contribution in [0.5, 0.6) is 0 Å². The lowest BCUT2D eigenvalue weighted by atomic mass is 9.99. The molecule has 0 amide bonds. The summed E-state index contributed by atoms with van der Waals surface area (Å²) in [5.41, 5.74) is 1.39. The molecule has 2 nitrogen and oxygen atoms in total. The van der Waals surface area contributed by atoms with E-state index >= 15 is 0 Å². The van der Waals surface area contributed by atoms with Crippen LogP contribution in [-0.4, -0.2) is 30.1 Å². The molecule has 2 rings (SSSR count). The fourth-order valence-electron chi connectivity index (χ4n) is 2.79. The van der Waals surface area contributed by atoms with Crippen LogP contribution in [0.4, 0.5) is 0 Å². The first-order chi connectivity index (χ1) is 9.06. The predicted molar refractivity (Wildman–Crippen MR) is 85.3 cm³/mol. The molecule has 0 aliphatic carbocycles. The van der Waals surface area contributed by atoms with Gasteiger partial charge in [0.05, 0.1) is 0 Å². The van der Waals surface area contributed by atoms with E-state index in [0.717, 1.165) is 25.6 Å². The molecule has 1 heterocycles. The molecule has 0 bridgehead atoms. The summed E-state index contributed by atoms with van der Waals surface area (Å²) in [6, 6.07) is 9.80. The first-order valence-electron chi connectivity index (χ1n) is 7.27. The van der Waals surface area contributed by atoms with Gasteiger partial charge in [-0.05, 0) is 30.9 Å². The van der Waals surface area contributed by atoms with Gasteiger partial charge in [0.25, 0.3) is 0 Å². The standard InChI is InChI=1S/C16H25BrN2/c1-12(2)8-15-11-19(13(3)9-18-15)10-14-6-4-5-7-16(14)17/h4-7,12-13,15,18H,8-11H2,1-3H3. The molecular weight excluding hydrogens is 300 g/mol. The van der Waals surface area contributed by atoms with Crippen LogP contribution in [0.2, 0.25) is 0 Å². The van der Waals surface area contributed by atoms with Crippen molar-refractivity contribution >= 4 is 15.9 Å². The van der Waals surface area contributed by atoms with Gasteiger partial charge in [0.1, 0.15) is 0 Å². The minimum atomic E-state index is 0.607. The number of hydrogen-bond donors (Lipinski definition) is 1. The molecule has 0 spiro atoms. The van der Waals surface area contributed by atoms with Gasteiger partial charge in [0, 0.05) is 36.2 Å². The molecule has 2 unspecified atom stereocenters. The molecule has 0 saturated carbocycles. The molecule has 1 aromatic carbocycles. The van der Waals surface area contributed by atoms with E-state index in [0.29, 0.717) is 12.1 Å². The highest BCUT2D eigenvalue weighted by molar-refractivity contribution is 9.10. The SMILES string of the molecule is CC(C)CC1CN(Cc2ccccc2Br)C(C)CN1. The molecule has 3 heteroatoms. The second kappa shape index (κ2) is 6.87. The Labute approximate surface area is 125 Å². The normalized spacial score (nSPS) is 24.9. The van der Waals surface area contributed by atoms with Crippen molar-refractivity contribution < 1.29 is 0 Å². The Balaban J connectivity index is 1.99. The van der Waals surface area contributed by atoms with E-state index in [1.807, 2.05) is 0 Å². The highest BCUT2D eigenvalue weighted by Gasteiger charge is 2.25. The molecule has 0 aromatic heterocycles. The van der Waals surface area contributed by atoms with Crippen LogP contribution in [0.3, 0.4) is 0 Å². The van der Waals surface area contributed by atoms with Crippen LogP contribution < -0.4 is 5.32 Å². The third-order valence-electron chi connectivity index (χ3n) is 3.87. The van der Waals surface area contributed by atoms with Crippen LogP contribution >= 0.6 is 15.9 Å². The number of nitrogens with zero attached hydrogens (tertiary/aromatic N) is 1. The molecule has 1 saturated heterocycles. The first kappa shape index (κ1) is 15.0. The average molecular weight is 325 g/mol. The molecular formula is C16H25BrN2. The fraction of sp³-hybridized carbons (Fsp3) is 0.625. The van der Waals surface area contributed by atoms with Gasteiger partial charge >= 0.3 is 0 Å². The Morgan fingerprint density at radius 2 is 2.11 bits per heavy atom. The van der Waals surface area contributed by atoms with Crippen molar-refractivity contribution in [3.8, 4) is 0 Å². The lowest BCUT2D eigenvalue weighted by molar-refractivity contribution is 0.124. The molecule has 1 fully saturated rings. The summed E-state index contributed by atoms with van der Waals surface area (Å²) in [7, 11) is 0. The van der Waals surface area contributed by atoms with Crippen LogP contribution in [0.1, 0.15) is 32.8 Å². The third kappa shape index (κ3) is 4.30. The van der Waals surface area contributed by atoms with Crippen molar-refractivity contribution in [2.45, 2.75) is 45.8 Å². The summed E-state index contributed by atoms with van der Waals surface area (Å²) >= 11 is 3.66. The highest BCUT2D eigenvalue weighted by atomic mass is 79.9. The van der Waals surface area contributed by atoms with Gasteiger partial charge in [-0.25, -0.2) is 0 Å². The maximum Gasteiger partial charge on any atom is 0.0248 e. The van der Waals surface area contributed by atoms with Crippen molar-refractivity contribution in [2.24, 2.45) is 5.92 Å². The number of rotatable bonds is 4. The maximum absolute atomic E-state index is 3.68. The van der Waals surface area contributed by atoms with Crippen molar-refractivity contribution in [1.29, 1.82) is 0 Å². The summed E-state index contributed by atoms with van der Waals surface area (Å²) in [6.07, 6.45) is 1.26. The van der Waals surface area contributed by atoms with Gasteiger partial charge in [0.2, 0.25) is 0 Å². The Morgan fingerprint density at radius 1 is 1.37 bits per heavy atom. The Hall–Kier alpha value is -0.380.